The van der Waals surface area contributed by atoms with Crippen LogP contribution in [0.25, 0.3) is 0 Å². The zero-order valence-corrected chi connectivity index (χ0v) is 17.3. The number of carbonyl (C=O) groups excluding carboxylic acids is 1. The topological polar surface area (TPSA) is 35.5 Å². The van der Waals surface area contributed by atoms with Gasteiger partial charge >= 0.3 is 5.97 Å². The molecule has 3 nitrogen and oxygen atoms in total. The summed E-state index contributed by atoms with van der Waals surface area (Å²) >= 11 is 0. The molecule has 0 bridgehead atoms. The second-order valence-corrected chi connectivity index (χ2v) is 13.4. The third-order valence-corrected chi connectivity index (χ3v) is 8.63. The molecule has 0 fully saturated rings. The van der Waals surface area contributed by atoms with Crippen molar-refractivity contribution in [1.29, 1.82) is 0 Å². The summed E-state index contributed by atoms with van der Waals surface area (Å²) in [7, 11) is -1.97. The van der Waals surface area contributed by atoms with E-state index in [2.05, 4.69) is 33.9 Å². The standard InChI is InChI=1S/C20H32O3Si/c1-19(2,3)22-18(21)15-14-17(16-12-10-9-11-13-16)23-24(7,8)20(4,5)6/h9-15,17H,1-8H3/b15-14+/t17-/m1/s1. The number of ether oxygens (including phenoxy) is 1. The van der Waals surface area contributed by atoms with Crippen LogP contribution >= 0.6 is 0 Å². The Bertz CT molecular complexity index is 563. The van der Waals surface area contributed by atoms with Gasteiger partial charge in [-0.2, -0.15) is 0 Å². The van der Waals surface area contributed by atoms with Gasteiger partial charge < -0.3 is 9.16 Å². The van der Waals surface area contributed by atoms with Gasteiger partial charge in [0, 0.05) is 6.08 Å². The lowest BCUT2D eigenvalue weighted by molar-refractivity contribution is -0.148. The summed E-state index contributed by atoms with van der Waals surface area (Å²) in [5.74, 6) is -0.345. The smallest absolute Gasteiger partial charge is 0.331 e. The largest absolute Gasteiger partial charge is 0.457 e. The van der Waals surface area contributed by atoms with Crippen LogP contribution in [0.2, 0.25) is 18.1 Å². The summed E-state index contributed by atoms with van der Waals surface area (Å²) in [6.45, 7) is 16.6. The summed E-state index contributed by atoms with van der Waals surface area (Å²) in [5, 5.41) is 0.0970. The van der Waals surface area contributed by atoms with E-state index < -0.39 is 13.9 Å². The highest BCUT2D eigenvalue weighted by molar-refractivity contribution is 6.74. The fraction of sp³-hybridized carbons (Fsp3) is 0.550. The predicted octanol–water partition coefficient (Wildman–Crippen LogP) is 5.65. The van der Waals surface area contributed by atoms with Gasteiger partial charge in [-0.1, -0.05) is 51.1 Å². The molecule has 0 saturated heterocycles. The zero-order valence-electron chi connectivity index (χ0n) is 16.3. The highest BCUT2D eigenvalue weighted by atomic mass is 28.4. The molecular weight excluding hydrogens is 316 g/mol. The van der Waals surface area contributed by atoms with E-state index in [1.807, 2.05) is 57.2 Å². The van der Waals surface area contributed by atoms with Gasteiger partial charge in [0.05, 0.1) is 6.10 Å². The first-order valence-electron chi connectivity index (χ1n) is 8.46. The molecule has 0 unspecified atom stereocenters. The molecule has 24 heavy (non-hydrogen) atoms. The van der Waals surface area contributed by atoms with Crippen molar-refractivity contribution in [2.24, 2.45) is 0 Å². The summed E-state index contributed by atoms with van der Waals surface area (Å²) < 4.78 is 11.9. The normalized spacial score (nSPS) is 14.7. The zero-order chi connectivity index (χ0) is 18.6. The van der Waals surface area contributed by atoms with Crippen molar-refractivity contribution in [3.05, 3.63) is 48.0 Å². The maximum atomic E-state index is 12.0. The number of hydrogen-bond donors (Lipinski definition) is 0. The predicted molar refractivity (Wildman–Crippen MR) is 102 cm³/mol. The number of carbonyl (C=O) groups is 1. The first-order valence-corrected chi connectivity index (χ1v) is 11.4. The molecule has 1 aromatic rings. The molecule has 0 heterocycles. The van der Waals surface area contributed by atoms with Gasteiger partial charge in [-0.25, -0.2) is 4.79 Å². The minimum absolute atomic E-state index is 0.0970. The lowest BCUT2D eigenvalue weighted by Gasteiger charge is -2.38. The van der Waals surface area contributed by atoms with Crippen LogP contribution < -0.4 is 0 Å². The van der Waals surface area contributed by atoms with Crippen molar-refractivity contribution in [2.45, 2.75) is 71.4 Å². The quantitative estimate of drug-likeness (QED) is 0.392. The molecule has 0 radical (unpaired) electrons. The van der Waals surface area contributed by atoms with E-state index in [1.165, 1.54) is 6.08 Å². The van der Waals surface area contributed by atoms with Gasteiger partial charge in [0.1, 0.15) is 5.60 Å². The molecule has 0 N–H and O–H groups in total. The number of benzene rings is 1. The lowest BCUT2D eigenvalue weighted by Crippen LogP contribution is -2.41. The average Bonchev–Trinajstić information content (AvgIpc) is 2.41. The molecule has 0 amide bonds. The maximum Gasteiger partial charge on any atom is 0.331 e. The molecule has 4 heteroatoms. The SMILES string of the molecule is CC(C)(C)OC(=O)/C=C/[C@@H](O[Si](C)(C)C(C)(C)C)c1ccccc1. The van der Waals surface area contributed by atoms with Gasteiger partial charge in [0.2, 0.25) is 0 Å². The van der Waals surface area contributed by atoms with Gasteiger partial charge in [0.25, 0.3) is 0 Å². The molecule has 1 atom stereocenters. The van der Waals surface area contributed by atoms with Crippen LogP contribution in [0.3, 0.4) is 0 Å². The van der Waals surface area contributed by atoms with Crippen LogP contribution in [0, 0.1) is 0 Å². The van der Waals surface area contributed by atoms with Gasteiger partial charge in [-0.3, -0.25) is 0 Å². The molecule has 134 valence electrons. The Labute approximate surface area is 148 Å². The maximum absolute atomic E-state index is 12.0. The molecule has 0 aliphatic rings. The van der Waals surface area contributed by atoms with E-state index in [0.29, 0.717) is 0 Å². The first kappa shape index (κ1) is 20.7. The molecule has 1 rings (SSSR count). The highest BCUT2D eigenvalue weighted by Crippen LogP contribution is 2.40. The van der Waals surface area contributed by atoms with Crippen LogP contribution in [0.15, 0.2) is 42.5 Å². The molecule has 1 aromatic carbocycles. The fourth-order valence-corrected chi connectivity index (χ4v) is 3.06. The average molecular weight is 349 g/mol. The Morgan fingerprint density at radius 3 is 2.04 bits per heavy atom. The Morgan fingerprint density at radius 2 is 1.58 bits per heavy atom. The second-order valence-electron chi connectivity index (χ2n) is 8.60. The highest BCUT2D eigenvalue weighted by Gasteiger charge is 2.39. The molecule has 0 aliphatic heterocycles. The second kappa shape index (κ2) is 7.66. The van der Waals surface area contributed by atoms with Crippen LogP contribution in [-0.2, 0) is 14.0 Å². The van der Waals surface area contributed by atoms with Crippen LogP contribution in [0.1, 0.15) is 53.2 Å². The summed E-state index contributed by atoms with van der Waals surface area (Å²) in [6.07, 6.45) is 3.04. The van der Waals surface area contributed by atoms with Crippen LogP contribution in [0.4, 0.5) is 0 Å². The van der Waals surface area contributed by atoms with E-state index in [1.54, 1.807) is 0 Å². The summed E-state index contributed by atoms with van der Waals surface area (Å²) in [5.41, 5.74) is 0.548. The number of rotatable bonds is 5. The van der Waals surface area contributed by atoms with E-state index in [9.17, 15) is 4.79 Å². The number of esters is 1. The first-order chi connectivity index (χ1) is 10.8. The lowest BCUT2D eigenvalue weighted by atomic mass is 10.1. The fourth-order valence-electron chi connectivity index (χ4n) is 1.86. The van der Waals surface area contributed by atoms with E-state index in [4.69, 9.17) is 9.16 Å². The Kier molecular flexibility index (Phi) is 6.59. The van der Waals surface area contributed by atoms with E-state index in [-0.39, 0.29) is 17.1 Å². The van der Waals surface area contributed by atoms with Crippen molar-refractivity contribution in [1.82, 2.24) is 0 Å². The Hall–Kier alpha value is -1.39. The van der Waals surface area contributed by atoms with Crippen LogP contribution in [0.5, 0.6) is 0 Å². The van der Waals surface area contributed by atoms with Gasteiger partial charge in [-0.05, 0) is 50.5 Å². The van der Waals surface area contributed by atoms with Gasteiger partial charge in [0.15, 0.2) is 8.32 Å². The molecule has 0 aliphatic carbocycles. The van der Waals surface area contributed by atoms with Crippen LogP contribution in [-0.4, -0.2) is 19.9 Å². The third kappa shape index (κ3) is 6.61. The minimum Gasteiger partial charge on any atom is -0.457 e. The monoisotopic (exact) mass is 348 g/mol. The van der Waals surface area contributed by atoms with E-state index in [0.717, 1.165) is 5.56 Å². The van der Waals surface area contributed by atoms with Crippen molar-refractivity contribution < 1.29 is 14.0 Å². The van der Waals surface area contributed by atoms with Gasteiger partial charge in [-0.15, -0.1) is 0 Å². The third-order valence-electron chi connectivity index (χ3n) is 4.17. The molecule has 0 aromatic heterocycles. The summed E-state index contributed by atoms with van der Waals surface area (Å²) in [6, 6.07) is 10.00. The van der Waals surface area contributed by atoms with Crippen molar-refractivity contribution in [3.63, 3.8) is 0 Å². The van der Waals surface area contributed by atoms with Crippen molar-refractivity contribution in [2.75, 3.05) is 0 Å². The van der Waals surface area contributed by atoms with E-state index >= 15 is 0 Å². The Balaban J connectivity index is 3.02. The van der Waals surface area contributed by atoms with Crippen molar-refractivity contribution >= 4 is 14.3 Å². The van der Waals surface area contributed by atoms with Crippen molar-refractivity contribution in [3.8, 4) is 0 Å². The Morgan fingerprint density at radius 1 is 1.04 bits per heavy atom. The summed E-state index contributed by atoms with van der Waals surface area (Å²) in [4.78, 5) is 12.0. The minimum atomic E-state index is -1.97. The molecule has 0 saturated carbocycles. The molecule has 0 spiro atoms. The molecular formula is C20H32O3Si. The number of hydrogen-bond acceptors (Lipinski definition) is 3.